The van der Waals surface area contributed by atoms with E-state index in [1.54, 1.807) is 0 Å². The largest absolute Gasteiger partial charge is 0.484 e. The van der Waals surface area contributed by atoms with Crippen molar-refractivity contribution in [2.45, 2.75) is 92.8 Å². The molecule has 0 N–H and O–H groups in total. The van der Waals surface area contributed by atoms with Gasteiger partial charge in [0.15, 0.2) is 11.5 Å². The van der Waals surface area contributed by atoms with E-state index in [2.05, 4.69) is 87.4 Å². The van der Waals surface area contributed by atoms with E-state index < -0.39 is 0 Å². The Morgan fingerprint density at radius 1 is 0.792 bits per heavy atom. The lowest BCUT2D eigenvalue weighted by Gasteiger charge is -2.29. The SMILES string of the molecule is CC(C)CC(c1ccc(OC(C)(C)C)c(OC(C)(C)C)c1)C(C)C. The summed E-state index contributed by atoms with van der Waals surface area (Å²) in [7, 11) is 0. The van der Waals surface area contributed by atoms with E-state index in [-0.39, 0.29) is 11.2 Å². The van der Waals surface area contributed by atoms with Gasteiger partial charge in [0.1, 0.15) is 11.2 Å². The van der Waals surface area contributed by atoms with Crippen molar-refractivity contribution in [1.82, 2.24) is 0 Å². The molecule has 0 amide bonds. The first kappa shape index (κ1) is 20.9. The number of hydrogen-bond donors (Lipinski definition) is 0. The standard InChI is InChI=1S/C22H38O2/c1-15(2)13-18(16(3)4)17-11-12-19(23-21(5,6)7)20(14-17)24-22(8,9)10/h11-12,14-16,18H,13H2,1-10H3. The summed E-state index contributed by atoms with van der Waals surface area (Å²) in [6, 6.07) is 6.49. The van der Waals surface area contributed by atoms with Crippen molar-refractivity contribution in [3.05, 3.63) is 23.8 Å². The van der Waals surface area contributed by atoms with Crippen LogP contribution in [0.15, 0.2) is 18.2 Å². The van der Waals surface area contributed by atoms with Gasteiger partial charge >= 0.3 is 0 Å². The highest BCUT2D eigenvalue weighted by Gasteiger charge is 2.23. The molecule has 0 fully saturated rings. The molecule has 0 aliphatic heterocycles. The quantitative estimate of drug-likeness (QED) is 0.568. The molecule has 0 heterocycles. The van der Waals surface area contributed by atoms with Gasteiger partial charge in [0.25, 0.3) is 0 Å². The van der Waals surface area contributed by atoms with Crippen LogP contribution in [0.4, 0.5) is 0 Å². The third kappa shape index (κ3) is 7.15. The van der Waals surface area contributed by atoms with Gasteiger partial charge < -0.3 is 9.47 Å². The molecule has 0 aliphatic carbocycles. The Balaban J connectivity index is 3.27. The molecular weight excluding hydrogens is 296 g/mol. The zero-order valence-corrected chi connectivity index (χ0v) is 17.5. The van der Waals surface area contributed by atoms with Gasteiger partial charge in [-0.05, 0) is 83.4 Å². The predicted molar refractivity (Wildman–Crippen MR) is 104 cm³/mol. The van der Waals surface area contributed by atoms with Crippen molar-refractivity contribution in [3.63, 3.8) is 0 Å². The van der Waals surface area contributed by atoms with Crippen molar-refractivity contribution >= 4 is 0 Å². The number of ether oxygens (including phenoxy) is 2. The minimum absolute atomic E-state index is 0.243. The van der Waals surface area contributed by atoms with Gasteiger partial charge in [0, 0.05) is 0 Å². The van der Waals surface area contributed by atoms with Crippen molar-refractivity contribution in [1.29, 1.82) is 0 Å². The molecule has 0 saturated heterocycles. The van der Waals surface area contributed by atoms with Crippen LogP contribution in [0.3, 0.4) is 0 Å². The summed E-state index contributed by atoms with van der Waals surface area (Å²) in [5.74, 6) is 3.49. The predicted octanol–water partition coefficient (Wildman–Crippen LogP) is 6.83. The zero-order chi connectivity index (χ0) is 18.7. The summed E-state index contributed by atoms with van der Waals surface area (Å²) < 4.78 is 12.4. The van der Waals surface area contributed by atoms with Crippen molar-refractivity contribution in [3.8, 4) is 11.5 Å². The third-order valence-electron chi connectivity index (χ3n) is 3.76. The molecule has 0 saturated carbocycles. The fraction of sp³-hybridized carbons (Fsp3) is 0.727. The van der Waals surface area contributed by atoms with Crippen LogP contribution in [-0.4, -0.2) is 11.2 Å². The molecule has 1 rings (SSSR count). The first-order chi connectivity index (χ1) is 10.8. The molecule has 0 spiro atoms. The highest BCUT2D eigenvalue weighted by atomic mass is 16.5. The minimum Gasteiger partial charge on any atom is -0.484 e. The van der Waals surface area contributed by atoms with Gasteiger partial charge in [-0.3, -0.25) is 0 Å². The van der Waals surface area contributed by atoms with Crippen LogP contribution in [0.25, 0.3) is 0 Å². The molecule has 138 valence electrons. The lowest BCUT2D eigenvalue weighted by Crippen LogP contribution is -2.26. The second-order valence-corrected chi connectivity index (χ2v) is 9.62. The van der Waals surface area contributed by atoms with Gasteiger partial charge in [-0.25, -0.2) is 0 Å². The van der Waals surface area contributed by atoms with E-state index in [1.165, 1.54) is 12.0 Å². The van der Waals surface area contributed by atoms with Gasteiger partial charge in [-0.1, -0.05) is 33.8 Å². The van der Waals surface area contributed by atoms with Crippen LogP contribution in [0.1, 0.15) is 87.1 Å². The average molecular weight is 335 g/mol. The molecular formula is C22H38O2. The summed E-state index contributed by atoms with van der Waals surface area (Å²) in [4.78, 5) is 0. The lowest BCUT2D eigenvalue weighted by atomic mass is 9.82. The maximum Gasteiger partial charge on any atom is 0.162 e. The third-order valence-corrected chi connectivity index (χ3v) is 3.76. The monoisotopic (exact) mass is 334 g/mol. The van der Waals surface area contributed by atoms with Gasteiger partial charge in [0.2, 0.25) is 0 Å². The Labute approximate surface area is 149 Å². The van der Waals surface area contributed by atoms with Crippen LogP contribution in [0.2, 0.25) is 0 Å². The van der Waals surface area contributed by atoms with Crippen LogP contribution in [0.5, 0.6) is 11.5 Å². The smallest absolute Gasteiger partial charge is 0.162 e. The number of rotatable bonds is 6. The Bertz CT molecular complexity index is 516. The van der Waals surface area contributed by atoms with Gasteiger partial charge in [0.05, 0.1) is 0 Å². The zero-order valence-electron chi connectivity index (χ0n) is 17.5. The number of hydrogen-bond acceptors (Lipinski definition) is 2. The van der Waals surface area contributed by atoms with E-state index in [1.807, 2.05) is 0 Å². The first-order valence-electron chi connectivity index (χ1n) is 9.30. The molecule has 0 aromatic heterocycles. The molecule has 0 radical (unpaired) electrons. The topological polar surface area (TPSA) is 18.5 Å². The Morgan fingerprint density at radius 2 is 1.29 bits per heavy atom. The van der Waals surface area contributed by atoms with Crippen molar-refractivity contribution in [2.75, 3.05) is 0 Å². The van der Waals surface area contributed by atoms with Crippen LogP contribution >= 0.6 is 0 Å². The lowest BCUT2D eigenvalue weighted by molar-refractivity contribution is 0.0955. The van der Waals surface area contributed by atoms with Crippen LogP contribution in [0, 0.1) is 11.8 Å². The molecule has 2 nitrogen and oxygen atoms in total. The highest BCUT2D eigenvalue weighted by molar-refractivity contribution is 5.45. The molecule has 1 atom stereocenters. The maximum absolute atomic E-state index is 6.23. The second kappa shape index (κ2) is 7.80. The van der Waals surface area contributed by atoms with Crippen LogP contribution in [-0.2, 0) is 0 Å². The van der Waals surface area contributed by atoms with E-state index in [0.29, 0.717) is 17.8 Å². The second-order valence-electron chi connectivity index (χ2n) is 9.62. The molecule has 0 bridgehead atoms. The summed E-state index contributed by atoms with van der Waals surface area (Å²) in [5.41, 5.74) is 0.853. The van der Waals surface area contributed by atoms with Crippen molar-refractivity contribution < 1.29 is 9.47 Å². The fourth-order valence-electron chi connectivity index (χ4n) is 2.88. The Morgan fingerprint density at radius 3 is 1.71 bits per heavy atom. The van der Waals surface area contributed by atoms with Gasteiger partial charge in [-0.15, -0.1) is 0 Å². The molecule has 1 aromatic carbocycles. The minimum atomic E-state index is -0.250. The molecule has 1 unspecified atom stereocenters. The summed E-state index contributed by atoms with van der Waals surface area (Å²) in [6.45, 7) is 21.6. The first-order valence-corrected chi connectivity index (χ1v) is 9.30. The maximum atomic E-state index is 6.23. The molecule has 24 heavy (non-hydrogen) atoms. The average Bonchev–Trinajstić information content (AvgIpc) is 2.34. The molecule has 0 aliphatic rings. The molecule has 2 heteroatoms. The normalized spacial score (nSPS) is 14.2. The van der Waals surface area contributed by atoms with E-state index >= 15 is 0 Å². The van der Waals surface area contributed by atoms with Crippen molar-refractivity contribution in [2.24, 2.45) is 11.8 Å². The summed E-state index contributed by atoms with van der Waals surface area (Å²) in [5, 5.41) is 0. The Hall–Kier alpha value is -1.18. The molecule has 1 aromatic rings. The van der Waals surface area contributed by atoms with E-state index in [4.69, 9.17) is 9.47 Å². The highest BCUT2D eigenvalue weighted by Crippen LogP contribution is 2.39. The summed E-state index contributed by atoms with van der Waals surface area (Å²) >= 11 is 0. The van der Waals surface area contributed by atoms with E-state index in [9.17, 15) is 0 Å². The van der Waals surface area contributed by atoms with Crippen LogP contribution < -0.4 is 9.47 Å². The fourth-order valence-corrected chi connectivity index (χ4v) is 2.88. The van der Waals surface area contributed by atoms with Gasteiger partial charge in [-0.2, -0.15) is 0 Å². The Kier molecular flexibility index (Phi) is 6.78. The number of benzene rings is 1. The van der Waals surface area contributed by atoms with E-state index in [0.717, 1.165) is 11.5 Å². The summed E-state index contributed by atoms with van der Waals surface area (Å²) in [6.07, 6.45) is 1.19.